The third-order valence-electron chi connectivity index (χ3n) is 6.79. The number of anilines is 1. The molecule has 1 amide bonds. The lowest BCUT2D eigenvalue weighted by Gasteiger charge is -2.29. The van der Waals surface area contributed by atoms with Crippen molar-refractivity contribution in [2.75, 3.05) is 26.2 Å². The summed E-state index contributed by atoms with van der Waals surface area (Å²) in [7, 11) is 4.70. The summed E-state index contributed by atoms with van der Waals surface area (Å²) in [5.41, 5.74) is 0.932. The molecule has 2 heterocycles. The van der Waals surface area contributed by atoms with E-state index in [1.54, 1.807) is 25.2 Å². The van der Waals surface area contributed by atoms with Crippen molar-refractivity contribution in [3.8, 4) is 11.5 Å². The van der Waals surface area contributed by atoms with Crippen LogP contribution in [0.3, 0.4) is 0 Å². The zero-order chi connectivity index (χ0) is 24.0. The van der Waals surface area contributed by atoms with Crippen molar-refractivity contribution in [1.29, 1.82) is 0 Å². The van der Waals surface area contributed by atoms with Crippen LogP contribution in [0.2, 0.25) is 0 Å². The predicted octanol–water partition coefficient (Wildman–Crippen LogP) is 4.08. The quantitative estimate of drug-likeness (QED) is 0.421. The van der Waals surface area contributed by atoms with Crippen LogP contribution in [0.1, 0.15) is 28.7 Å². The average molecular weight is 460 g/mol. The van der Waals surface area contributed by atoms with Gasteiger partial charge in [0, 0.05) is 23.6 Å². The van der Waals surface area contributed by atoms with Crippen LogP contribution in [0.15, 0.2) is 72.8 Å². The van der Waals surface area contributed by atoms with E-state index in [4.69, 9.17) is 14.2 Å². The molecule has 0 radical (unpaired) electrons. The first-order valence-corrected chi connectivity index (χ1v) is 10.9. The van der Waals surface area contributed by atoms with Crippen LogP contribution >= 0.6 is 0 Å². The number of rotatable bonds is 5. The van der Waals surface area contributed by atoms with Gasteiger partial charge in [-0.05, 0) is 29.3 Å². The number of hydrogen-bond donors (Lipinski definition) is 0. The number of benzene rings is 3. The van der Waals surface area contributed by atoms with E-state index in [0.717, 1.165) is 0 Å². The Morgan fingerprint density at radius 2 is 1.56 bits per heavy atom. The summed E-state index contributed by atoms with van der Waals surface area (Å²) in [5, 5.41) is 12.7. The largest absolute Gasteiger partial charge is 0.497 e. The highest BCUT2D eigenvalue weighted by Gasteiger charge is 2.69. The maximum absolute atomic E-state index is 13.9. The van der Waals surface area contributed by atoms with E-state index in [-0.39, 0.29) is 10.8 Å². The van der Waals surface area contributed by atoms with Crippen molar-refractivity contribution in [3.63, 3.8) is 0 Å². The highest BCUT2D eigenvalue weighted by atomic mass is 16.6. The summed E-state index contributed by atoms with van der Waals surface area (Å²) >= 11 is 0. The Bertz CT molecular complexity index is 1240. The number of nitro groups is 1. The van der Waals surface area contributed by atoms with Gasteiger partial charge in [0.2, 0.25) is 0 Å². The molecule has 0 bridgehead atoms. The molecule has 3 aromatic carbocycles. The second kappa shape index (κ2) is 8.14. The average Bonchev–Trinajstić information content (AvgIpc) is 3.34. The van der Waals surface area contributed by atoms with Gasteiger partial charge >= 0.3 is 0 Å². The minimum absolute atomic E-state index is 0.327. The predicted molar refractivity (Wildman–Crippen MR) is 125 cm³/mol. The Kier molecular flexibility index (Phi) is 5.25. The summed E-state index contributed by atoms with van der Waals surface area (Å²) < 4.78 is 17.4. The molecule has 174 valence electrons. The Morgan fingerprint density at radius 3 is 2.18 bits per heavy atom. The van der Waals surface area contributed by atoms with Crippen molar-refractivity contribution in [2.45, 2.75) is 23.7 Å². The van der Waals surface area contributed by atoms with E-state index in [1.165, 1.54) is 19.1 Å². The van der Waals surface area contributed by atoms with Gasteiger partial charge in [-0.2, -0.15) is 0 Å². The molecule has 0 saturated carbocycles. The van der Waals surface area contributed by atoms with Gasteiger partial charge in [0.1, 0.15) is 11.5 Å². The maximum Gasteiger partial charge on any atom is 0.264 e. The summed E-state index contributed by atoms with van der Waals surface area (Å²) in [5.74, 6) is -0.226. The minimum atomic E-state index is -1.55. The fourth-order valence-electron chi connectivity index (χ4n) is 5.31. The van der Waals surface area contributed by atoms with Crippen LogP contribution in [0.4, 0.5) is 5.69 Å². The van der Waals surface area contributed by atoms with Crippen LogP contribution in [0.5, 0.6) is 11.5 Å². The third-order valence-corrected chi connectivity index (χ3v) is 6.79. The Balaban J connectivity index is 1.78. The zero-order valence-electron chi connectivity index (χ0n) is 19.0. The van der Waals surface area contributed by atoms with E-state index in [0.29, 0.717) is 33.9 Å². The first kappa shape index (κ1) is 21.9. The monoisotopic (exact) mass is 460 g/mol. The van der Waals surface area contributed by atoms with E-state index in [2.05, 4.69) is 0 Å². The number of ether oxygens (including phenoxy) is 3. The zero-order valence-corrected chi connectivity index (χ0v) is 19.0. The van der Waals surface area contributed by atoms with Gasteiger partial charge in [-0.1, -0.05) is 48.5 Å². The summed E-state index contributed by atoms with van der Waals surface area (Å²) in [6, 6.07) is 20.3. The Labute approximate surface area is 196 Å². The van der Waals surface area contributed by atoms with Gasteiger partial charge in [0.05, 0.1) is 25.8 Å². The van der Waals surface area contributed by atoms with Crippen molar-refractivity contribution in [2.24, 2.45) is 0 Å². The molecule has 8 nitrogen and oxygen atoms in total. The van der Waals surface area contributed by atoms with Crippen molar-refractivity contribution in [1.82, 2.24) is 0 Å². The van der Waals surface area contributed by atoms with Crippen molar-refractivity contribution < 1.29 is 23.9 Å². The lowest BCUT2D eigenvalue weighted by molar-refractivity contribution is -0.531. The number of hydrogen-bond acceptors (Lipinski definition) is 6. The number of para-hydroxylation sites is 1. The van der Waals surface area contributed by atoms with Crippen LogP contribution in [-0.2, 0) is 15.1 Å². The molecule has 1 fully saturated rings. The maximum atomic E-state index is 13.9. The number of amides is 1. The molecule has 0 aromatic heterocycles. The number of nitrogens with zero attached hydrogens (tertiary/aromatic N) is 2. The second-order valence-electron chi connectivity index (χ2n) is 8.47. The lowest BCUT2D eigenvalue weighted by atomic mass is 9.75. The van der Waals surface area contributed by atoms with Crippen molar-refractivity contribution in [3.05, 3.63) is 99.6 Å². The fourth-order valence-corrected chi connectivity index (χ4v) is 5.31. The number of carbonyl (C=O) groups is 1. The minimum Gasteiger partial charge on any atom is -0.497 e. The molecule has 34 heavy (non-hydrogen) atoms. The normalized spacial score (nSPS) is 25.4. The molecular weight excluding hydrogens is 436 g/mol. The second-order valence-corrected chi connectivity index (χ2v) is 8.47. The first-order chi connectivity index (χ1) is 16.4. The molecular formula is C26H24N2O6. The van der Waals surface area contributed by atoms with E-state index in [1.807, 2.05) is 54.6 Å². The molecule has 1 saturated heterocycles. The lowest BCUT2D eigenvalue weighted by Crippen LogP contribution is -2.44. The topological polar surface area (TPSA) is 91.1 Å². The third kappa shape index (κ3) is 3.06. The van der Waals surface area contributed by atoms with Gasteiger partial charge < -0.3 is 19.1 Å². The molecule has 1 spiro atoms. The molecule has 0 N–H and O–H groups in total. The summed E-state index contributed by atoms with van der Waals surface area (Å²) in [4.78, 5) is 27.7. The smallest absolute Gasteiger partial charge is 0.264 e. The van der Waals surface area contributed by atoms with Crippen LogP contribution in [0, 0.1) is 10.1 Å². The van der Waals surface area contributed by atoms with Gasteiger partial charge in [0.15, 0.2) is 11.7 Å². The molecule has 0 aliphatic carbocycles. The van der Waals surface area contributed by atoms with Crippen LogP contribution in [-0.4, -0.2) is 38.1 Å². The van der Waals surface area contributed by atoms with E-state index in [9.17, 15) is 14.9 Å². The Morgan fingerprint density at radius 1 is 0.941 bits per heavy atom. The fraction of sp³-hybridized carbons (Fsp3) is 0.269. The highest BCUT2D eigenvalue weighted by molar-refractivity contribution is 6.07. The summed E-state index contributed by atoms with van der Waals surface area (Å²) in [6.07, 6.45) is -1.02. The standard InChI is InChI=1S/C26H24N2O6/c1-27-21-12-8-7-11-20(21)26(25(27)29)22(16-9-5-4-6-10-16)23(28(30)31)24(34-26)17-13-18(32-2)15-19(14-17)33-3/h4-15,22-24H,1-3H3/t22-,23-,24-,26+/m0/s1. The number of likely N-dealkylation sites (N-methyl/N-ethyl adjacent to an activating group) is 1. The number of carbonyl (C=O) groups excluding carboxylic acids is 1. The molecule has 8 heteroatoms. The van der Waals surface area contributed by atoms with Crippen LogP contribution < -0.4 is 14.4 Å². The molecule has 0 unspecified atom stereocenters. The van der Waals surface area contributed by atoms with Gasteiger partial charge in [-0.15, -0.1) is 0 Å². The number of fused-ring (bicyclic) bond motifs is 2. The molecule has 4 atom stereocenters. The molecule has 2 aliphatic rings. The molecule has 3 aromatic rings. The summed E-state index contributed by atoms with van der Waals surface area (Å²) in [6.45, 7) is 0. The van der Waals surface area contributed by atoms with E-state index < -0.39 is 23.7 Å². The van der Waals surface area contributed by atoms with Gasteiger partial charge in [-0.3, -0.25) is 14.9 Å². The van der Waals surface area contributed by atoms with Crippen molar-refractivity contribution >= 4 is 11.6 Å². The van der Waals surface area contributed by atoms with Gasteiger partial charge in [-0.25, -0.2) is 0 Å². The Hall–Kier alpha value is -3.91. The van der Waals surface area contributed by atoms with E-state index >= 15 is 0 Å². The SMILES string of the molecule is COc1cc(OC)cc([C@@H]2O[C@@]3(C(=O)N(C)c4ccccc43)[C@@H](c3ccccc3)[C@@H]2[N+](=O)[O-])c1. The van der Waals surface area contributed by atoms with Crippen LogP contribution in [0.25, 0.3) is 0 Å². The number of methoxy groups -OCH3 is 2. The van der Waals surface area contributed by atoms with Gasteiger partial charge in [0.25, 0.3) is 11.9 Å². The molecule has 5 rings (SSSR count). The first-order valence-electron chi connectivity index (χ1n) is 10.9. The highest BCUT2D eigenvalue weighted by Crippen LogP contribution is 2.60. The molecule has 2 aliphatic heterocycles.